The standard InChI is InChI=1S/C11H18N4O/c1-3-8-7-13-15-9(8)14-10(16)11(2)5-4-6-12-11/h7,12H,3-6H2,1-2H3,(H2,13,14,15,16). The van der Waals surface area contributed by atoms with Gasteiger partial charge in [-0.25, -0.2) is 0 Å². The second-order valence-electron chi connectivity index (χ2n) is 4.44. The van der Waals surface area contributed by atoms with Gasteiger partial charge >= 0.3 is 0 Å². The van der Waals surface area contributed by atoms with Crippen LogP contribution in [0.1, 0.15) is 32.3 Å². The normalized spacial score (nSPS) is 24.6. The Balaban J connectivity index is 2.07. The van der Waals surface area contributed by atoms with Crippen LogP contribution in [0.25, 0.3) is 0 Å². The summed E-state index contributed by atoms with van der Waals surface area (Å²) in [4.78, 5) is 12.1. The molecular formula is C11H18N4O. The Bertz CT molecular complexity index is 379. The van der Waals surface area contributed by atoms with Crippen LogP contribution < -0.4 is 10.6 Å². The Hall–Kier alpha value is -1.36. The van der Waals surface area contributed by atoms with Crippen LogP contribution >= 0.6 is 0 Å². The lowest BCUT2D eigenvalue weighted by Crippen LogP contribution is -2.48. The predicted molar refractivity (Wildman–Crippen MR) is 62.2 cm³/mol. The number of nitrogens with zero attached hydrogens (tertiary/aromatic N) is 1. The molecule has 2 rings (SSSR count). The van der Waals surface area contributed by atoms with Crippen molar-refractivity contribution in [2.24, 2.45) is 0 Å². The first-order valence-electron chi connectivity index (χ1n) is 5.74. The number of H-pyrrole nitrogens is 1. The lowest BCUT2D eigenvalue weighted by Gasteiger charge is -2.22. The monoisotopic (exact) mass is 222 g/mol. The first-order chi connectivity index (χ1) is 7.65. The number of aromatic amines is 1. The fourth-order valence-corrected chi connectivity index (χ4v) is 2.03. The van der Waals surface area contributed by atoms with Gasteiger partial charge in [-0.15, -0.1) is 0 Å². The number of carbonyl (C=O) groups excluding carboxylic acids is 1. The van der Waals surface area contributed by atoms with Gasteiger partial charge in [-0.3, -0.25) is 9.89 Å². The van der Waals surface area contributed by atoms with Gasteiger partial charge in [0, 0.05) is 5.56 Å². The Morgan fingerprint density at radius 1 is 1.69 bits per heavy atom. The van der Waals surface area contributed by atoms with Crippen LogP contribution in [0.5, 0.6) is 0 Å². The lowest BCUT2D eigenvalue weighted by atomic mass is 9.99. The second-order valence-corrected chi connectivity index (χ2v) is 4.44. The zero-order valence-electron chi connectivity index (χ0n) is 9.76. The molecule has 0 saturated carbocycles. The zero-order valence-corrected chi connectivity index (χ0v) is 9.76. The average molecular weight is 222 g/mol. The molecule has 0 radical (unpaired) electrons. The highest BCUT2D eigenvalue weighted by molar-refractivity contribution is 5.97. The summed E-state index contributed by atoms with van der Waals surface area (Å²) in [5.74, 6) is 0.742. The third kappa shape index (κ3) is 1.95. The minimum absolute atomic E-state index is 0.0175. The predicted octanol–water partition coefficient (Wildman–Crippen LogP) is 1.05. The molecule has 16 heavy (non-hydrogen) atoms. The second kappa shape index (κ2) is 4.25. The summed E-state index contributed by atoms with van der Waals surface area (Å²) in [6.07, 6.45) is 4.54. The SMILES string of the molecule is CCc1cn[nH]c1NC(=O)C1(C)CCCN1. The quantitative estimate of drug-likeness (QED) is 0.716. The number of carbonyl (C=O) groups is 1. The maximum atomic E-state index is 12.1. The molecule has 1 fully saturated rings. The van der Waals surface area contributed by atoms with Crippen LogP contribution in [0.4, 0.5) is 5.82 Å². The average Bonchev–Trinajstić information content (AvgIpc) is 2.87. The Morgan fingerprint density at radius 2 is 2.50 bits per heavy atom. The summed E-state index contributed by atoms with van der Waals surface area (Å²) in [6.45, 7) is 4.89. The van der Waals surface area contributed by atoms with Crippen molar-refractivity contribution in [2.75, 3.05) is 11.9 Å². The third-order valence-electron chi connectivity index (χ3n) is 3.21. The molecule has 1 saturated heterocycles. The van der Waals surface area contributed by atoms with E-state index in [0.29, 0.717) is 0 Å². The molecule has 1 aliphatic rings. The highest BCUT2D eigenvalue weighted by atomic mass is 16.2. The van der Waals surface area contributed by atoms with Crippen LogP contribution in [-0.4, -0.2) is 28.2 Å². The fourth-order valence-electron chi connectivity index (χ4n) is 2.03. The highest BCUT2D eigenvalue weighted by Gasteiger charge is 2.36. The number of amides is 1. The number of hydrogen-bond donors (Lipinski definition) is 3. The minimum atomic E-state index is -0.434. The van der Waals surface area contributed by atoms with Crippen molar-refractivity contribution in [1.29, 1.82) is 0 Å². The first kappa shape index (κ1) is 11.1. The van der Waals surface area contributed by atoms with E-state index in [-0.39, 0.29) is 5.91 Å². The Morgan fingerprint density at radius 3 is 3.12 bits per heavy atom. The highest BCUT2D eigenvalue weighted by Crippen LogP contribution is 2.21. The maximum Gasteiger partial charge on any atom is 0.245 e. The molecule has 2 heterocycles. The summed E-state index contributed by atoms with van der Waals surface area (Å²) < 4.78 is 0. The number of nitrogens with one attached hydrogen (secondary N) is 3. The van der Waals surface area contributed by atoms with Gasteiger partial charge in [0.15, 0.2) is 0 Å². The van der Waals surface area contributed by atoms with Crippen molar-refractivity contribution >= 4 is 11.7 Å². The summed E-state index contributed by atoms with van der Waals surface area (Å²) in [7, 11) is 0. The molecule has 5 nitrogen and oxygen atoms in total. The van der Waals surface area contributed by atoms with Crippen molar-refractivity contribution in [3.8, 4) is 0 Å². The molecule has 1 unspecified atom stereocenters. The van der Waals surface area contributed by atoms with E-state index in [1.54, 1.807) is 6.20 Å². The van der Waals surface area contributed by atoms with E-state index in [1.807, 2.05) is 13.8 Å². The molecule has 0 aromatic carbocycles. The van der Waals surface area contributed by atoms with E-state index >= 15 is 0 Å². The summed E-state index contributed by atoms with van der Waals surface area (Å²) in [5, 5.41) is 12.9. The molecule has 88 valence electrons. The number of aromatic nitrogens is 2. The van der Waals surface area contributed by atoms with Gasteiger partial charge in [-0.2, -0.15) is 5.10 Å². The molecule has 1 aromatic rings. The molecule has 1 amide bonds. The van der Waals surface area contributed by atoms with Gasteiger partial charge in [-0.1, -0.05) is 6.92 Å². The molecule has 1 aliphatic heterocycles. The van der Waals surface area contributed by atoms with E-state index < -0.39 is 5.54 Å². The van der Waals surface area contributed by atoms with Crippen LogP contribution in [0.15, 0.2) is 6.20 Å². The first-order valence-corrected chi connectivity index (χ1v) is 5.74. The van der Waals surface area contributed by atoms with Crippen molar-refractivity contribution in [1.82, 2.24) is 15.5 Å². The van der Waals surface area contributed by atoms with Crippen LogP contribution in [0.3, 0.4) is 0 Å². The van der Waals surface area contributed by atoms with Crippen LogP contribution in [0, 0.1) is 0 Å². The van der Waals surface area contributed by atoms with E-state index in [4.69, 9.17) is 0 Å². The number of rotatable bonds is 3. The van der Waals surface area contributed by atoms with Gasteiger partial charge in [0.05, 0.1) is 11.7 Å². The maximum absolute atomic E-state index is 12.1. The molecule has 0 spiro atoms. The Kier molecular flexibility index (Phi) is 2.96. The summed E-state index contributed by atoms with van der Waals surface area (Å²) in [6, 6.07) is 0. The van der Waals surface area contributed by atoms with Gasteiger partial charge in [0.1, 0.15) is 5.82 Å². The van der Waals surface area contributed by atoms with E-state index in [1.165, 1.54) is 0 Å². The number of anilines is 1. The molecule has 0 bridgehead atoms. The molecule has 5 heteroatoms. The molecular weight excluding hydrogens is 204 g/mol. The van der Waals surface area contributed by atoms with E-state index in [9.17, 15) is 4.79 Å². The number of aryl methyl sites for hydroxylation is 1. The zero-order chi connectivity index (χ0) is 11.6. The van der Waals surface area contributed by atoms with Gasteiger partial charge < -0.3 is 10.6 Å². The van der Waals surface area contributed by atoms with Gasteiger partial charge in [-0.05, 0) is 32.7 Å². The smallest absolute Gasteiger partial charge is 0.245 e. The molecule has 0 aliphatic carbocycles. The van der Waals surface area contributed by atoms with Gasteiger partial charge in [0.25, 0.3) is 0 Å². The minimum Gasteiger partial charge on any atom is -0.309 e. The largest absolute Gasteiger partial charge is 0.309 e. The summed E-state index contributed by atoms with van der Waals surface area (Å²) >= 11 is 0. The number of hydrogen-bond acceptors (Lipinski definition) is 3. The molecule has 3 N–H and O–H groups in total. The van der Waals surface area contributed by atoms with E-state index in [2.05, 4.69) is 20.8 Å². The summed E-state index contributed by atoms with van der Waals surface area (Å²) in [5.41, 5.74) is 0.603. The third-order valence-corrected chi connectivity index (χ3v) is 3.21. The lowest BCUT2D eigenvalue weighted by molar-refractivity contribution is -0.121. The molecule has 1 atom stereocenters. The van der Waals surface area contributed by atoms with Crippen molar-refractivity contribution in [3.05, 3.63) is 11.8 Å². The van der Waals surface area contributed by atoms with Gasteiger partial charge in [0.2, 0.25) is 5.91 Å². The van der Waals surface area contributed by atoms with Crippen molar-refractivity contribution in [2.45, 2.75) is 38.6 Å². The van der Waals surface area contributed by atoms with Crippen molar-refractivity contribution < 1.29 is 4.79 Å². The Labute approximate surface area is 95.0 Å². The van der Waals surface area contributed by atoms with Crippen LogP contribution in [0.2, 0.25) is 0 Å². The topological polar surface area (TPSA) is 69.8 Å². The van der Waals surface area contributed by atoms with Crippen molar-refractivity contribution in [3.63, 3.8) is 0 Å². The van der Waals surface area contributed by atoms with Crippen LogP contribution in [-0.2, 0) is 11.2 Å². The fraction of sp³-hybridized carbons (Fsp3) is 0.636. The van der Waals surface area contributed by atoms with E-state index in [0.717, 1.165) is 37.2 Å². The molecule has 1 aromatic heterocycles.